The number of sulfonamides is 1. The Labute approximate surface area is 152 Å². The van der Waals surface area contributed by atoms with E-state index in [0.29, 0.717) is 25.7 Å². The zero-order chi connectivity index (χ0) is 18.7. The molecule has 0 aliphatic heterocycles. The van der Waals surface area contributed by atoms with Crippen molar-refractivity contribution in [2.45, 2.75) is 39.2 Å². The maximum absolute atomic E-state index is 11.6. The van der Waals surface area contributed by atoms with Crippen LogP contribution in [0.3, 0.4) is 0 Å². The molecule has 6 nitrogen and oxygen atoms in total. The van der Waals surface area contributed by atoms with Gasteiger partial charge < -0.3 is 10.6 Å². The largest absolute Gasteiger partial charge is 0.356 e. The summed E-state index contributed by atoms with van der Waals surface area (Å²) in [5.74, 6) is 0.753. The molecule has 1 rings (SSSR count). The van der Waals surface area contributed by atoms with Gasteiger partial charge in [0.1, 0.15) is 0 Å². The predicted molar refractivity (Wildman–Crippen MR) is 105 cm³/mol. The van der Waals surface area contributed by atoms with Crippen LogP contribution in [0.1, 0.15) is 32.3 Å². The molecule has 0 amide bonds. The summed E-state index contributed by atoms with van der Waals surface area (Å²) in [6, 6.07) is 10.7. The zero-order valence-corrected chi connectivity index (χ0v) is 16.6. The summed E-state index contributed by atoms with van der Waals surface area (Å²) in [6.07, 6.45) is 4.02. The van der Waals surface area contributed by atoms with Crippen molar-refractivity contribution in [1.29, 1.82) is 0 Å². The molecule has 1 aromatic carbocycles. The van der Waals surface area contributed by atoms with Gasteiger partial charge in [0.15, 0.2) is 5.96 Å². The zero-order valence-electron chi connectivity index (χ0n) is 15.8. The van der Waals surface area contributed by atoms with E-state index in [4.69, 9.17) is 0 Å². The fourth-order valence-electron chi connectivity index (χ4n) is 2.55. The number of hydrogen-bond acceptors (Lipinski definition) is 3. The summed E-state index contributed by atoms with van der Waals surface area (Å²) < 4.78 is 24.6. The van der Waals surface area contributed by atoms with E-state index >= 15 is 0 Å². The molecule has 0 aromatic heterocycles. The Morgan fingerprint density at radius 1 is 1.28 bits per heavy atom. The topological polar surface area (TPSA) is 73.8 Å². The third kappa shape index (κ3) is 8.88. The molecule has 1 unspecified atom stereocenters. The molecule has 0 saturated heterocycles. The normalized spacial score (nSPS) is 13.7. The van der Waals surface area contributed by atoms with Crippen LogP contribution >= 0.6 is 0 Å². The van der Waals surface area contributed by atoms with Crippen LogP contribution in [0.4, 0.5) is 0 Å². The van der Waals surface area contributed by atoms with E-state index in [1.807, 2.05) is 13.0 Å². The second kappa shape index (κ2) is 11.1. The summed E-state index contributed by atoms with van der Waals surface area (Å²) in [5, 5.41) is 6.62. The Bertz CT molecular complexity index is 617. The van der Waals surface area contributed by atoms with E-state index in [2.05, 4.69) is 46.8 Å². The minimum atomic E-state index is -3.11. The molecular weight excluding hydrogens is 336 g/mol. The van der Waals surface area contributed by atoms with Crippen LogP contribution in [0.15, 0.2) is 35.3 Å². The average Bonchev–Trinajstić information content (AvgIpc) is 2.58. The first-order valence-corrected chi connectivity index (χ1v) is 10.7. The molecular formula is C18H32N4O2S. The van der Waals surface area contributed by atoms with E-state index in [-0.39, 0.29) is 0 Å². The molecule has 142 valence electrons. The molecule has 0 heterocycles. The number of nitrogens with one attached hydrogen (secondary N) is 2. The van der Waals surface area contributed by atoms with E-state index in [1.165, 1.54) is 16.1 Å². The second-order valence-electron chi connectivity index (χ2n) is 6.18. The lowest BCUT2D eigenvalue weighted by molar-refractivity contribution is 0.424. The highest BCUT2D eigenvalue weighted by atomic mass is 32.2. The molecule has 0 fully saturated rings. The Morgan fingerprint density at radius 3 is 2.52 bits per heavy atom. The van der Waals surface area contributed by atoms with Crippen LogP contribution in [0.25, 0.3) is 0 Å². The maximum Gasteiger partial charge on any atom is 0.211 e. The minimum absolute atomic E-state index is 0.301. The van der Waals surface area contributed by atoms with E-state index in [1.54, 1.807) is 7.05 Å². The Hall–Kier alpha value is -1.60. The Morgan fingerprint density at radius 2 is 1.96 bits per heavy atom. The molecule has 7 heteroatoms. The number of aryl methyl sites for hydroxylation is 1. The van der Waals surface area contributed by atoms with E-state index in [9.17, 15) is 8.42 Å². The van der Waals surface area contributed by atoms with Crippen molar-refractivity contribution in [3.63, 3.8) is 0 Å². The van der Waals surface area contributed by atoms with Crippen molar-refractivity contribution in [2.75, 3.05) is 32.9 Å². The molecule has 0 spiro atoms. The average molecular weight is 369 g/mol. The van der Waals surface area contributed by atoms with Gasteiger partial charge in [-0.1, -0.05) is 37.3 Å². The fourth-order valence-corrected chi connectivity index (χ4v) is 3.48. The van der Waals surface area contributed by atoms with Crippen LogP contribution < -0.4 is 10.6 Å². The summed E-state index contributed by atoms with van der Waals surface area (Å²) in [4.78, 5) is 4.23. The maximum atomic E-state index is 11.6. The predicted octanol–water partition coefficient (Wildman–Crippen LogP) is 1.84. The van der Waals surface area contributed by atoms with Gasteiger partial charge in [-0.05, 0) is 31.7 Å². The summed E-state index contributed by atoms with van der Waals surface area (Å²) in [7, 11) is -1.37. The quantitative estimate of drug-likeness (QED) is 0.375. The van der Waals surface area contributed by atoms with Crippen LogP contribution in [-0.2, 0) is 16.4 Å². The molecule has 1 aromatic rings. The monoisotopic (exact) mass is 368 g/mol. The molecule has 0 saturated carbocycles. The fraction of sp³-hybridized carbons (Fsp3) is 0.611. The van der Waals surface area contributed by atoms with Gasteiger partial charge in [-0.15, -0.1) is 0 Å². The first-order chi connectivity index (χ1) is 11.9. The smallest absolute Gasteiger partial charge is 0.211 e. The van der Waals surface area contributed by atoms with Crippen LogP contribution in [0.5, 0.6) is 0 Å². The van der Waals surface area contributed by atoms with Crippen LogP contribution in [0.2, 0.25) is 0 Å². The van der Waals surface area contributed by atoms with Crippen molar-refractivity contribution in [3.8, 4) is 0 Å². The lowest BCUT2D eigenvalue weighted by Gasteiger charge is -2.20. The van der Waals surface area contributed by atoms with Gasteiger partial charge >= 0.3 is 0 Å². The van der Waals surface area contributed by atoms with Gasteiger partial charge in [0.2, 0.25) is 10.0 Å². The van der Waals surface area contributed by atoms with Crippen molar-refractivity contribution < 1.29 is 8.42 Å². The minimum Gasteiger partial charge on any atom is -0.356 e. The lowest BCUT2D eigenvalue weighted by atomic mass is 10.1. The van der Waals surface area contributed by atoms with Gasteiger partial charge in [0, 0.05) is 32.7 Å². The van der Waals surface area contributed by atoms with Gasteiger partial charge in [-0.3, -0.25) is 4.99 Å². The summed E-state index contributed by atoms with van der Waals surface area (Å²) in [6.45, 7) is 5.68. The molecule has 0 radical (unpaired) electrons. The lowest BCUT2D eigenvalue weighted by Crippen LogP contribution is -2.43. The Balaban J connectivity index is 2.29. The number of hydrogen-bond donors (Lipinski definition) is 2. The standard InChI is InChI=1S/C18H32N4O2S/c1-5-22(25(4,23)24)15-9-14-20-18(19-3)21-16(2)12-13-17-10-7-6-8-11-17/h6-8,10-11,16H,5,9,12-15H2,1-4H3,(H2,19,20,21). The second-order valence-corrected chi connectivity index (χ2v) is 8.16. The van der Waals surface area contributed by atoms with Gasteiger partial charge in [-0.2, -0.15) is 0 Å². The summed E-state index contributed by atoms with van der Waals surface area (Å²) in [5.41, 5.74) is 1.33. The highest BCUT2D eigenvalue weighted by molar-refractivity contribution is 7.88. The van der Waals surface area contributed by atoms with Gasteiger partial charge in [-0.25, -0.2) is 12.7 Å². The highest BCUT2D eigenvalue weighted by Crippen LogP contribution is 2.04. The van der Waals surface area contributed by atoms with Crippen molar-refractivity contribution >= 4 is 16.0 Å². The molecule has 2 N–H and O–H groups in total. The first kappa shape index (κ1) is 21.4. The number of aliphatic imine (C=N–C) groups is 1. The molecule has 0 bridgehead atoms. The van der Waals surface area contributed by atoms with Gasteiger partial charge in [0.25, 0.3) is 0 Å². The van der Waals surface area contributed by atoms with Crippen molar-refractivity contribution in [3.05, 3.63) is 35.9 Å². The highest BCUT2D eigenvalue weighted by Gasteiger charge is 2.13. The summed E-state index contributed by atoms with van der Waals surface area (Å²) >= 11 is 0. The third-order valence-electron chi connectivity index (χ3n) is 4.01. The molecule has 1 atom stereocenters. The van der Waals surface area contributed by atoms with E-state index < -0.39 is 10.0 Å². The SMILES string of the molecule is CCN(CCCNC(=NC)NC(C)CCc1ccccc1)S(C)(=O)=O. The number of guanidine groups is 1. The van der Waals surface area contributed by atoms with Gasteiger partial charge in [0.05, 0.1) is 6.26 Å². The number of benzene rings is 1. The van der Waals surface area contributed by atoms with Crippen LogP contribution in [-0.4, -0.2) is 57.7 Å². The van der Waals surface area contributed by atoms with Crippen molar-refractivity contribution in [1.82, 2.24) is 14.9 Å². The number of rotatable bonds is 10. The van der Waals surface area contributed by atoms with E-state index in [0.717, 1.165) is 25.2 Å². The third-order valence-corrected chi connectivity index (χ3v) is 5.39. The first-order valence-electron chi connectivity index (χ1n) is 8.83. The van der Waals surface area contributed by atoms with Crippen LogP contribution in [0, 0.1) is 0 Å². The molecule has 0 aliphatic carbocycles. The number of nitrogens with zero attached hydrogens (tertiary/aromatic N) is 2. The molecule has 0 aliphatic rings. The Kier molecular flexibility index (Phi) is 9.52. The molecule has 25 heavy (non-hydrogen) atoms. The van der Waals surface area contributed by atoms with Crippen molar-refractivity contribution in [2.24, 2.45) is 4.99 Å².